The van der Waals surface area contributed by atoms with E-state index in [1.54, 1.807) is 24.3 Å². The quantitative estimate of drug-likeness (QED) is 0.134. The van der Waals surface area contributed by atoms with Crippen molar-refractivity contribution in [2.45, 2.75) is 56.7 Å². The fraction of sp³-hybridized carbons (Fsp3) is 0.270. The number of carbonyl (C=O) groups excluding carboxylic acids is 3. The van der Waals surface area contributed by atoms with E-state index in [-0.39, 0.29) is 13.2 Å². The highest BCUT2D eigenvalue weighted by Crippen LogP contribution is 2.41. The Kier molecular flexibility index (Phi) is 11.0. The molecule has 0 radical (unpaired) electrons. The van der Waals surface area contributed by atoms with Gasteiger partial charge in [0.1, 0.15) is 24.4 Å². The second-order valence-corrected chi connectivity index (χ2v) is 11.0. The van der Waals surface area contributed by atoms with Crippen molar-refractivity contribution in [1.82, 2.24) is 5.32 Å². The predicted molar refractivity (Wildman–Crippen MR) is 171 cm³/mol. The molecule has 1 heterocycles. The van der Waals surface area contributed by atoms with Crippen LogP contribution in [0.25, 0.3) is 0 Å². The van der Waals surface area contributed by atoms with Crippen molar-refractivity contribution in [2.24, 2.45) is 0 Å². The Bertz CT molecular complexity index is 1510. The molecule has 0 unspecified atom stereocenters. The molecular formula is C37H37NO9. The van der Waals surface area contributed by atoms with Crippen LogP contribution in [0.1, 0.15) is 36.1 Å². The van der Waals surface area contributed by atoms with E-state index < -0.39 is 54.3 Å². The summed E-state index contributed by atoms with van der Waals surface area (Å²) in [5, 5.41) is 13.7. The summed E-state index contributed by atoms with van der Waals surface area (Å²) in [6.45, 7) is 2.11. The van der Waals surface area contributed by atoms with Gasteiger partial charge in [-0.1, -0.05) is 121 Å². The minimum atomic E-state index is -1.69. The van der Waals surface area contributed by atoms with Crippen molar-refractivity contribution >= 4 is 18.0 Å². The summed E-state index contributed by atoms with van der Waals surface area (Å²) in [6, 6.07) is 36.5. The van der Waals surface area contributed by atoms with Gasteiger partial charge in [-0.25, -0.2) is 4.79 Å². The Morgan fingerprint density at radius 2 is 1.15 bits per heavy atom. The van der Waals surface area contributed by atoms with Crippen LogP contribution < -0.4 is 5.32 Å². The van der Waals surface area contributed by atoms with E-state index >= 15 is 0 Å². The van der Waals surface area contributed by atoms with Gasteiger partial charge in [0, 0.05) is 13.8 Å². The molecule has 1 aliphatic rings. The zero-order chi connectivity index (χ0) is 33.2. The van der Waals surface area contributed by atoms with Gasteiger partial charge >= 0.3 is 18.0 Å². The molecule has 0 bridgehead atoms. The zero-order valence-corrected chi connectivity index (χ0v) is 26.1. The molecule has 1 amide bonds. The number of carbonyl (C=O) groups is 3. The smallest absolute Gasteiger partial charge is 0.407 e. The molecule has 4 aromatic carbocycles. The summed E-state index contributed by atoms with van der Waals surface area (Å²) in [4.78, 5) is 37.5. The van der Waals surface area contributed by atoms with E-state index in [1.165, 1.54) is 13.8 Å². The van der Waals surface area contributed by atoms with E-state index in [0.717, 1.165) is 22.3 Å². The predicted octanol–water partition coefficient (Wildman–Crippen LogP) is 4.87. The zero-order valence-electron chi connectivity index (χ0n) is 26.1. The maximum atomic E-state index is 12.8. The van der Waals surface area contributed by atoms with Gasteiger partial charge in [0.15, 0.2) is 18.5 Å². The van der Waals surface area contributed by atoms with E-state index in [2.05, 4.69) is 5.32 Å². The van der Waals surface area contributed by atoms with E-state index in [0.29, 0.717) is 0 Å². The lowest BCUT2D eigenvalue weighted by Gasteiger charge is -2.45. The van der Waals surface area contributed by atoms with Crippen LogP contribution in [0.4, 0.5) is 4.79 Å². The van der Waals surface area contributed by atoms with Crippen LogP contribution >= 0.6 is 0 Å². The van der Waals surface area contributed by atoms with Crippen LogP contribution in [0.3, 0.4) is 0 Å². The van der Waals surface area contributed by atoms with Crippen LogP contribution in [-0.2, 0) is 45.5 Å². The third kappa shape index (κ3) is 8.04. The molecule has 1 fully saturated rings. The second kappa shape index (κ2) is 15.5. The number of esters is 2. The SMILES string of the molecule is CC(=O)O[C@@H]1[C@@H](NC(=O)OCc2ccccc2)[C@@H](O)O[C@H](COC(c2ccccc2)(c2ccccc2)c2ccccc2)[C@H]1OC(C)=O. The van der Waals surface area contributed by atoms with E-state index in [1.807, 2.05) is 97.1 Å². The van der Waals surface area contributed by atoms with E-state index in [9.17, 15) is 19.5 Å². The first-order chi connectivity index (χ1) is 22.8. The molecule has 1 aliphatic heterocycles. The number of nitrogens with one attached hydrogen (secondary N) is 1. The van der Waals surface area contributed by atoms with Gasteiger partial charge in [0.25, 0.3) is 0 Å². The van der Waals surface area contributed by atoms with Crippen molar-refractivity contribution in [1.29, 1.82) is 0 Å². The first kappa shape index (κ1) is 33.3. The number of aliphatic hydroxyl groups excluding tert-OH is 1. The Morgan fingerprint density at radius 3 is 1.62 bits per heavy atom. The topological polar surface area (TPSA) is 130 Å². The molecule has 2 N–H and O–H groups in total. The molecule has 5 atom stereocenters. The van der Waals surface area contributed by atoms with Gasteiger partial charge in [0.05, 0.1) is 6.61 Å². The van der Waals surface area contributed by atoms with E-state index in [4.69, 9.17) is 23.7 Å². The van der Waals surface area contributed by atoms with Crippen molar-refractivity contribution in [3.05, 3.63) is 144 Å². The summed E-state index contributed by atoms with van der Waals surface area (Å²) in [7, 11) is 0. The van der Waals surface area contributed by atoms with Crippen LogP contribution in [0.5, 0.6) is 0 Å². The Balaban J connectivity index is 1.47. The molecule has 0 saturated carbocycles. The lowest BCUT2D eigenvalue weighted by Crippen LogP contribution is -2.66. The second-order valence-electron chi connectivity index (χ2n) is 11.0. The standard InChI is InChI=1S/C37H37NO9/c1-25(39)45-33-31(47-35(41)32(34(33)46-26(2)40)38-36(42)43-23-27-15-7-3-8-16-27)24-44-37(28-17-9-4-10-18-28,29-19-11-5-12-20-29)30-21-13-6-14-22-30/h3-22,31-35,41H,23-24H2,1-2H3,(H,38,42)/t31-,32-,33-,34-,35+/m1/s1. The maximum Gasteiger partial charge on any atom is 0.407 e. The molecule has 4 aromatic rings. The van der Waals surface area contributed by atoms with Gasteiger partial charge in [-0.05, 0) is 22.3 Å². The van der Waals surface area contributed by atoms with Crippen LogP contribution in [-0.4, -0.2) is 60.4 Å². The lowest BCUT2D eigenvalue weighted by atomic mass is 9.80. The molecule has 5 rings (SSSR count). The van der Waals surface area contributed by atoms with Crippen molar-refractivity contribution in [2.75, 3.05) is 6.61 Å². The molecule has 10 heteroatoms. The van der Waals surface area contributed by atoms with Gasteiger partial charge in [-0.2, -0.15) is 0 Å². The third-order valence-corrected chi connectivity index (χ3v) is 7.77. The largest absolute Gasteiger partial charge is 0.456 e. The summed E-state index contributed by atoms with van der Waals surface area (Å²) in [5.41, 5.74) is 2.03. The molecule has 10 nitrogen and oxygen atoms in total. The highest BCUT2D eigenvalue weighted by molar-refractivity contribution is 5.69. The maximum absolute atomic E-state index is 12.8. The molecule has 0 spiro atoms. The van der Waals surface area contributed by atoms with Crippen molar-refractivity contribution in [3.8, 4) is 0 Å². The van der Waals surface area contributed by atoms with Crippen molar-refractivity contribution in [3.63, 3.8) is 0 Å². The third-order valence-electron chi connectivity index (χ3n) is 7.77. The number of aliphatic hydroxyl groups is 1. The molecule has 1 saturated heterocycles. The molecule has 47 heavy (non-hydrogen) atoms. The first-order valence-electron chi connectivity index (χ1n) is 15.2. The van der Waals surface area contributed by atoms with Gasteiger partial charge in [-0.3, -0.25) is 9.59 Å². The summed E-state index contributed by atoms with van der Waals surface area (Å²) >= 11 is 0. The monoisotopic (exact) mass is 639 g/mol. The number of hydrogen-bond donors (Lipinski definition) is 2. The number of rotatable bonds is 11. The van der Waals surface area contributed by atoms with Gasteiger partial charge in [-0.15, -0.1) is 0 Å². The molecule has 244 valence electrons. The highest BCUT2D eigenvalue weighted by atomic mass is 16.7. The number of hydrogen-bond acceptors (Lipinski definition) is 9. The fourth-order valence-electron chi connectivity index (χ4n) is 5.75. The average molecular weight is 640 g/mol. The number of alkyl carbamates (subject to hydrolysis) is 1. The van der Waals surface area contributed by atoms with Crippen LogP contribution in [0.15, 0.2) is 121 Å². The highest BCUT2D eigenvalue weighted by Gasteiger charge is 2.51. The number of benzene rings is 4. The van der Waals surface area contributed by atoms with Crippen LogP contribution in [0.2, 0.25) is 0 Å². The molecule has 0 aliphatic carbocycles. The van der Waals surface area contributed by atoms with Crippen LogP contribution in [0, 0.1) is 0 Å². The first-order valence-corrected chi connectivity index (χ1v) is 15.2. The Hall–Kier alpha value is -5.03. The molecular weight excluding hydrogens is 602 g/mol. The minimum Gasteiger partial charge on any atom is -0.456 e. The summed E-state index contributed by atoms with van der Waals surface area (Å²) < 4.78 is 29.4. The van der Waals surface area contributed by atoms with Gasteiger partial charge in [0.2, 0.25) is 0 Å². The average Bonchev–Trinajstić information content (AvgIpc) is 3.09. The summed E-state index contributed by atoms with van der Waals surface area (Å²) in [6.07, 6.45) is -6.35. The fourth-order valence-corrected chi connectivity index (χ4v) is 5.75. The number of amides is 1. The number of ether oxygens (including phenoxy) is 5. The van der Waals surface area contributed by atoms with Gasteiger partial charge < -0.3 is 34.1 Å². The Labute approximate surface area is 273 Å². The van der Waals surface area contributed by atoms with Crippen molar-refractivity contribution < 1.29 is 43.2 Å². The lowest BCUT2D eigenvalue weighted by molar-refractivity contribution is -0.268. The Morgan fingerprint density at radius 1 is 0.702 bits per heavy atom. The molecule has 0 aromatic heterocycles. The summed E-state index contributed by atoms with van der Waals surface area (Å²) in [5.74, 6) is -1.42. The minimum absolute atomic E-state index is 0.0427. The normalized spacial score (nSPS) is 20.9.